The lowest BCUT2D eigenvalue weighted by atomic mass is 9.95. The minimum Gasteiger partial charge on any atom is -0.206 e. The first-order chi connectivity index (χ1) is 9.11. The summed E-state index contributed by atoms with van der Waals surface area (Å²) in [6.45, 7) is 4.32. The third-order valence-corrected chi connectivity index (χ3v) is 3.01. The summed E-state index contributed by atoms with van der Waals surface area (Å²) in [6, 6.07) is 14.7. The maximum atomic E-state index is 13.6. The summed E-state index contributed by atoms with van der Waals surface area (Å²) >= 11 is 0. The molecule has 0 bridgehead atoms. The van der Waals surface area contributed by atoms with Crippen LogP contribution in [0.3, 0.4) is 0 Å². The molecule has 0 fully saturated rings. The lowest BCUT2D eigenvalue weighted by Gasteiger charge is -2.09. The van der Waals surface area contributed by atoms with Crippen molar-refractivity contribution in [2.24, 2.45) is 5.92 Å². The maximum Gasteiger partial charge on any atom is 0.141 e. The van der Waals surface area contributed by atoms with Gasteiger partial charge in [0, 0.05) is 5.56 Å². The van der Waals surface area contributed by atoms with Crippen molar-refractivity contribution in [1.82, 2.24) is 0 Å². The van der Waals surface area contributed by atoms with E-state index in [9.17, 15) is 4.39 Å². The fourth-order valence-electron chi connectivity index (χ4n) is 2.22. The van der Waals surface area contributed by atoms with E-state index >= 15 is 0 Å². The second-order valence-corrected chi connectivity index (χ2v) is 5.07. The molecule has 0 aliphatic rings. The van der Waals surface area contributed by atoms with Crippen molar-refractivity contribution in [2.75, 3.05) is 0 Å². The van der Waals surface area contributed by atoms with Gasteiger partial charge in [-0.1, -0.05) is 50.2 Å². The van der Waals surface area contributed by atoms with E-state index in [1.807, 2.05) is 24.3 Å². The molecule has 0 amide bonds. The van der Waals surface area contributed by atoms with E-state index in [0.717, 1.165) is 12.0 Å². The summed E-state index contributed by atoms with van der Waals surface area (Å²) < 4.78 is 13.6. The highest BCUT2D eigenvalue weighted by atomic mass is 19.1. The Morgan fingerprint density at radius 3 is 2.58 bits per heavy atom. The predicted octanol–water partition coefficient (Wildman–Crippen LogP) is 4.56. The standard InChI is InChI=1S/C17H16FN/c1-12(2)9-13-5-3-6-14(10-13)15-7-4-8-17(18)16(15)11-19/h3-8,10,12H,9H2,1-2H3. The summed E-state index contributed by atoms with van der Waals surface area (Å²) in [5.41, 5.74) is 2.88. The SMILES string of the molecule is CC(C)Cc1cccc(-c2cccc(F)c2C#N)c1. The van der Waals surface area contributed by atoms with Crippen LogP contribution in [0.15, 0.2) is 42.5 Å². The average molecular weight is 253 g/mol. The van der Waals surface area contributed by atoms with Gasteiger partial charge in [0.05, 0.1) is 5.56 Å². The van der Waals surface area contributed by atoms with Crippen LogP contribution in [0.25, 0.3) is 11.1 Å². The van der Waals surface area contributed by atoms with Crippen LogP contribution in [0.4, 0.5) is 4.39 Å². The summed E-state index contributed by atoms with van der Waals surface area (Å²) in [7, 11) is 0. The average Bonchev–Trinajstić information content (AvgIpc) is 2.38. The van der Waals surface area contributed by atoms with E-state index in [2.05, 4.69) is 19.9 Å². The molecule has 0 N–H and O–H groups in total. The normalized spacial score (nSPS) is 10.5. The molecule has 2 aromatic carbocycles. The molecular formula is C17H16FN. The minimum atomic E-state index is -0.464. The predicted molar refractivity (Wildman–Crippen MR) is 75.1 cm³/mol. The molecule has 0 atom stereocenters. The Labute approximate surface area is 113 Å². The number of hydrogen-bond acceptors (Lipinski definition) is 1. The van der Waals surface area contributed by atoms with Crippen molar-refractivity contribution in [3.05, 3.63) is 59.4 Å². The number of nitriles is 1. The zero-order valence-corrected chi connectivity index (χ0v) is 11.2. The van der Waals surface area contributed by atoms with E-state index < -0.39 is 5.82 Å². The lowest BCUT2D eigenvalue weighted by molar-refractivity contribution is 0.624. The number of benzene rings is 2. The van der Waals surface area contributed by atoms with Crippen LogP contribution < -0.4 is 0 Å². The highest BCUT2D eigenvalue weighted by molar-refractivity contribution is 5.71. The van der Waals surface area contributed by atoms with Crippen molar-refractivity contribution in [3.8, 4) is 17.2 Å². The van der Waals surface area contributed by atoms with Gasteiger partial charge in [-0.15, -0.1) is 0 Å². The third-order valence-electron chi connectivity index (χ3n) is 3.01. The summed E-state index contributed by atoms with van der Waals surface area (Å²) in [4.78, 5) is 0. The quantitative estimate of drug-likeness (QED) is 0.786. The number of halogens is 1. The monoisotopic (exact) mass is 253 g/mol. The first-order valence-electron chi connectivity index (χ1n) is 6.39. The van der Waals surface area contributed by atoms with E-state index in [-0.39, 0.29) is 5.56 Å². The van der Waals surface area contributed by atoms with Crippen LogP contribution in [0.5, 0.6) is 0 Å². The second-order valence-electron chi connectivity index (χ2n) is 5.07. The molecular weight excluding hydrogens is 237 g/mol. The molecule has 0 heterocycles. The van der Waals surface area contributed by atoms with Crippen LogP contribution >= 0.6 is 0 Å². The zero-order chi connectivity index (χ0) is 13.8. The van der Waals surface area contributed by atoms with Gasteiger partial charge in [-0.2, -0.15) is 5.26 Å². The molecule has 0 radical (unpaired) electrons. The minimum absolute atomic E-state index is 0.115. The molecule has 2 aromatic rings. The molecule has 2 heteroatoms. The fourth-order valence-corrected chi connectivity index (χ4v) is 2.22. The van der Waals surface area contributed by atoms with E-state index in [1.165, 1.54) is 11.6 Å². The van der Waals surface area contributed by atoms with Crippen molar-refractivity contribution >= 4 is 0 Å². The van der Waals surface area contributed by atoms with Gasteiger partial charge in [0.1, 0.15) is 11.9 Å². The molecule has 0 aromatic heterocycles. The molecule has 19 heavy (non-hydrogen) atoms. The second kappa shape index (κ2) is 5.67. The maximum absolute atomic E-state index is 13.6. The van der Waals surface area contributed by atoms with Crippen molar-refractivity contribution < 1.29 is 4.39 Å². The molecule has 0 saturated carbocycles. The number of rotatable bonds is 3. The Morgan fingerprint density at radius 2 is 1.89 bits per heavy atom. The number of hydrogen-bond donors (Lipinski definition) is 0. The topological polar surface area (TPSA) is 23.8 Å². The van der Waals surface area contributed by atoms with Gasteiger partial charge >= 0.3 is 0 Å². The van der Waals surface area contributed by atoms with Gasteiger partial charge in [-0.05, 0) is 29.5 Å². The van der Waals surface area contributed by atoms with Gasteiger partial charge in [-0.3, -0.25) is 0 Å². The summed E-state index contributed by atoms with van der Waals surface area (Å²) in [5, 5.41) is 9.09. The molecule has 0 spiro atoms. The Balaban J connectivity index is 2.48. The van der Waals surface area contributed by atoms with Gasteiger partial charge in [0.15, 0.2) is 0 Å². The summed E-state index contributed by atoms with van der Waals surface area (Å²) in [5.74, 6) is 0.104. The Bertz CT molecular complexity index is 623. The van der Waals surface area contributed by atoms with Gasteiger partial charge in [0.25, 0.3) is 0 Å². The van der Waals surface area contributed by atoms with E-state index in [1.54, 1.807) is 12.1 Å². The highest BCUT2D eigenvalue weighted by Crippen LogP contribution is 2.26. The first kappa shape index (κ1) is 13.3. The molecule has 1 nitrogen and oxygen atoms in total. The van der Waals surface area contributed by atoms with Crippen LogP contribution in [0.2, 0.25) is 0 Å². The molecule has 0 aliphatic heterocycles. The van der Waals surface area contributed by atoms with Crippen LogP contribution in [-0.2, 0) is 6.42 Å². The lowest BCUT2D eigenvalue weighted by Crippen LogP contribution is -1.95. The summed E-state index contributed by atoms with van der Waals surface area (Å²) in [6.07, 6.45) is 0.977. The Kier molecular flexibility index (Phi) is 3.97. The number of nitrogens with zero attached hydrogens (tertiary/aromatic N) is 1. The van der Waals surface area contributed by atoms with Crippen molar-refractivity contribution in [3.63, 3.8) is 0 Å². The van der Waals surface area contributed by atoms with Gasteiger partial charge in [-0.25, -0.2) is 4.39 Å². The first-order valence-corrected chi connectivity index (χ1v) is 6.39. The van der Waals surface area contributed by atoms with Crippen LogP contribution in [0.1, 0.15) is 25.0 Å². The fraction of sp³-hybridized carbons (Fsp3) is 0.235. The van der Waals surface area contributed by atoms with E-state index in [4.69, 9.17) is 5.26 Å². The molecule has 2 rings (SSSR count). The van der Waals surface area contributed by atoms with Crippen molar-refractivity contribution in [2.45, 2.75) is 20.3 Å². The molecule has 0 saturated heterocycles. The Hall–Kier alpha value is -2.14. The third kappa shape index (κ3) is 3.00. The van der Waals surface area contributed by atoms with Gasteiger partial charge in [0.2, 0.25) is 0 Å². The molecule has 96 valence electrons. The van der Waals surface area contributed by atoms with Crippen LogP contribution in [-0.4, -0.2) is 0 Å². The zero-order valence-electron chi connectivity index (χ0n) is 11.2. The van der Waals surface area contributed by atoms with Crippen molar-refractivity contribution in [1.29, 1.82) is 5.26 Å². The van der Waals surface area contributed by atoms with E-state index in [0.29, 0.717) is 11.5 Å². The van der Waals surface area contributed by atoms with Crippen LogP contribution in [0, 0.1) is 23.1 Å². The smallest absolute Gasteiger partial charge is 0.141 e. The molecule has 0 aliphatic carbocycles. The van der Waals surface area contributed by atoms with Gasteiger partial charge < -0.3 is 0 Å². The Morgan fingerprint density at radius 1 is 1.16 bits per heavy atom. The molecule has 0 unspecified atom stereocenters. The largest absolute Gasteiger partial charge is 0.206 e. The highest BCUT2D eigenvalue weighted by Gasteiger charge is 2.10.